The molecule has 0 aromatic heterocycles. The van der Waals surface area contributed by atoms with E-state index < -0.39 is 13.9 Å². The smallest absolute Gasteiger partial charge is 0.303 e. The third-order valence-corrected chi connectivity index (χ3v) is 7.69. The number of phosphoric acid groups is 1. The second-order valence-corrected chi connectivity index (χ2v) is 12.4. The first kappa shape index (κ1) is 34.6. The normalized spacial score (nSPS) is 12.8. The molecule has 0 radical (unpaired) electrons. The van der Waals surface area contributed by atoms with Gasteiger partial charge in [-0.1, -0.05) is 167 Å². The number of rotatable bonds is 27. The Morgan fingerprint density at radius 2 is 0.912 bits per heavy atom. The van der Waals surface area contributed by atoms with Crippen molar-refractivity contribution < 1.29 is 18.9 Å². The summed E-state index contributed by atoms with van der Waals surface area (Å²) in [5.74, 6) is 0. The summed E-state index contributed by atoms with van der Waals surface area (Å²) in [6.07, 6.45) is 30.8. The number of thiol groups is 1. The van der Waals surface area contributed by atoms with E-state index in [0.29, 0.717) is 6.42 Å². The lowest BCUT2D eigenvalue weighted by molar-refractivity contribution is 0.166. The Morgan fingerprint density at radius 1 is 0.647 bits per heavy atom. The molecule has 0 amide bonds. The van der Waals surface area contributed by atoms with Gasteiger partial charge in [0.2, 0.25) is 0 Å². The third kappa shape index (κ3) is 27.1. The second-order valence-electron chi connectivity index (χ2n) is 9.99. The molecule has 2 N–H and O–H groups in total. The van der Waals surface area contributed by atoms with Crippen molar-refractivity contribution in [3.63, 3.8) is 0 Å². The standard InChI is InChI=1S/C27H55O4PS2/c1-2-3-4-5-6-7-8-9-10-11-12-13-14-15-16-17-18-19-20-21-22-23-24-25-26(27(33)34)31-32(28,29)30/h26H,2-25H2,1H3,(H,33,34)(H2,28,29,30). The first-order valence-electron chi connectivity index (χ1n) is 14.3. The van der Waals surface area contributed by atoms with Crippen LogP contribution < -0.4 is 0 Å². The van der Waals surface area contributed by atoms with Gasteiger partial charge in [0.25, 0.3) is 0 Å². The third-order valence-electron chi connectivity index (χ3n) is 6.61. The minimum Gasteiger partial charge on any atom is -0.303 e. The molecule has 0 bridgehead atoms. The lowest BCUT2D eigenvalue weighted by atomic mass is 10.0. The highest BCUT2D eigenvalue weighted by Crippen LogP contribution is 2.39. The highest BCUT2D eigenvalue weighted by atomic mass is 32.1. The van der Waals surface area contributed by atoms with Crippen LogP contribution in [0.25, 0.3) is 0 Å². The highest BCUT2D eigenvalue weighted by Gasteiger charge is 2.23. The van der Waals surface area contributed by atoms with Gasteiger partial charge in [0.15, 0.2) is 0 Å². The van der Waals surface area contributed by atoms with Crippen LogP contribution in [0.4, 0.5) is 0 Å². The Morgan fingerprint density at radius 3 is 1.15 bits per heavy atom. The van der Waals surface area contributed by atoms with Crippen LogP contribution in [0.3, 0.4) is 0 Å². The molecule has 204 valence electrons. The van der Waals surface area contributed by atoms with Crippen molar-refractivity contribution >= 4 is 36.9 Å². The van der Waals surface area contributed by atoms with Crippen molar-refractivity contribution in [3.05, 3.63) is 0 Å². The van der Waals surface area contributed by atoms with Crippen LogP contribution in [0.1, 0.15) is 161 Å². The number of unbranched alkanes of at least 4 members (excludes halogenated alkanes) is 22. The largest absolute Gasteiger partial charge is 0.470 e. The fraction of sp³-hybridized carbons (Fsp3) is 0.963. The second kappa shape index (κ2) is 25.2. The molecule has 0 rings (SSSR count). The predicted molar refractivity (Wildman–Crippen MR) is 155 cm³/mol. The van der Waals surface area contributed by atoms with E-state index >= 15 is 0 Å². The minimum atomic E-state index is -4.51. The summed E-state index contributed by atoms with van der Waals surface area (Å²) in [6.45, 7) is 2.28. The van der Waals surface area contributed by atoms with E-state index in [-0.39, 0.29) is 4.20 Å². The van der Waals surface area contributed by atoms with Gasteiger partial charge >= 0.3 is 7.82 Å². The van der Waals surface area contributed by atoms with Crippen LogP contribution in [0, 0.1) is 0 Å². The van der Waals surface area contributed by atoms with Gasteiger partial charge in [-0.25, -0.2) is 4.57 Å². The molecule has 0 aliphatic rings. The van der Waals surface area contributed by atoms with Crippen molar-refractivity contribution in [2.75, 3.05) is 0 Å². The van der Waals surface area contributed by atoms with Gasteiger partial charge in [0.05, 0.1) is 4.20 Å². The van der Waals surface area contributed by atoms with Crippen LogP contribution in [0.2, 0.25) is 0 Å². The van der Waals surface area contributed by atoms with Crippen LogP contribution in [0.15, 0.2) is 0 Å². The maximum Gasteiger partial charge on any atom is 0.470 e. The lowest BCUT2D eigenvalue weighted by Crippen LogP contribution is -2.17. The lowest BCUT2D eigenvalue weighted by Gasteiger charge is -2.16. The van der Waals surface area contributed by atoms with Gasteiger partial charge < -0.3 is 9.79 Å². The quantitative estimate of drug-likeness (QED) is 0.0420. The van der Waals surface area contributed by atoms with E-state index in [2.05, 4.69) is 19.6 Å². The summed E-state index contributed by atoms with van der Waals surface area (Å²) in [5, 5.41) is 0. The molecule has 0 heterocycles. The fourth-order valence-electron chi connectivity index (χ4n) is 4.50. The molecule has 0 aliphatic carbocycles. The predicted octanol–water partition coefficient (Wildman–Crippen LogP) is 10.1. The van der Waals surface area contributed by atoms with E-state index in [0.717, 1.165) is 19.3 Å². The molecule has 0 spiro atoms. The summed E-state index contributed by atoms with van der Waals surface area (Å²) >= 11 is 8.94. The van der Waals surface area contributed by atoms with E-state index in [1.807, 2.05) is 0 Å². The molecule has 0 saturated heterocycles. The molecule has 1 atom stereocenters. The van der Waals surface area contributed by atoms with Gasteiger partial charge in [-0.05, 0) is 6.42 Å². The van der Waals surface area contributed by atoms with E-state index in [1.54, 1.807) is 0 Å². The van der Waals surface area contributed by atoms with Gasteiger partial charge in [0.1, 0.15) is 6.10 Å². The highest BCUT2D eigenvalue weighted by molar-refractivity contribution is 8.11. The first-order chi connectivity index (χ1) is 16.4. The van der Waals surface area contributed by atoms with Crippen molar-refractivity contribution in [2.24, 2.45) is 0 Å². The number of phosphoric ester groups is 1. The summed E-state index contributed by atoms with van der Waals surface area (Å²) in [6, 6.07) is 0. The summed E-state index contributed by atoms with van der Waals surface area (Å²) in [7, 11) is -4.51. The molecule has 0 aliphatic heterocycles. The zero-order chi connectivity index (χ0) is 25.3. The Labute approximate surface area is 222 Å². The first-order valence-corrected chi connectivity index (χ1v) is 16.7. The summed E-state index contributed by atoms with van der Waals surface area (Å²) in [5.41, 5.74) is 0. The number of hydrogen-bond acceptors (Lipinski definition) is 3. The number of hydrogen-bond donors (Lipinski definition) is 3. The van der Waals surface area contributed by atoms with Crippen molar-refractivity contribution in [1.29, 1.82) is 0 Å². The van der Waals surface area contributed by atoms with Crippen LogP contribution in [-0.4, -0.2) is 20.1 Å². The van der Waals surface area contributed by atoms with Gasteiger partial charge in [0, 0.05) is 0 Å². The Kier molecular flexibility index (Phi) is 25.6. The Hall–Kier alpha value is 0.550. The van der Waals surface area contributed by atoms with Gasteiger partial charge in [-0.2, -0.15) is 0 Å². The maximum atomic E-state index is 11.0. The summed E-state index contributed by atoms with van der Waals surface area (Å²) < 4.78 is 15.9. The molecule has 4 nitrogen and oxygen atoms in total. The Bertz CT molecular complexity index is 499. The molecule has 0 aromatic rings. The average molecular weight is 539 g/mol. The molecular weight excluding hydrogens is 483 g/mol. The molecule has 7 heteroatoms. The topological polar surface area (TPSA) is 66.8 Å². The minimum absolute atomic E-state index is 0.210. The fourth-order valence-corrected chi connectivity index (χ4v) is 5.55. The molecule has 0 saturated carbocycles. The maximum absolute atomic E-state index is 11.0. The van der Waals surface area contributed by atoms with Gasteiger partial charge in [-0.3, -0.25) is 4.52 Å². The van der Waals surface area contributed by atoms with E-state index in [9.17, 15) is 4.57 Å². The molecule has 0 fully saturated rings. The van der Waals surface area contributed by atoms with Crippen molar-refractivity contribution in [3.8, 4) is 0 Å². The molecular formula is C27H55O4PS2. The van der Waals surface area contributed by atoms with Crippen LogP contribution in [-0.2, 0) is 9.09 Å². The van der Waals surface area contributed by atoms with Crippen LogP contribution in [0.5, 0.6) is 0 Å². The molecule has 0 aromatic carbocycles. The van der Waals surface area contributed by atoms with Crippen molar-refractivity contribution in [2.45, 2.75) is 167 Å². The SMILES string of the molecule is CCCCCCCCCCCCCCCCCCCCCCCCCC(OP(=O)(O)O)C(=S)S. The monoisotopic (exact) mass is 538 g/mol. The average Bonchev–Trinajstić information content (AvgIpc) is 2.78. The Balaban J connectivity index is 3.24. The van der Waals surface area contributed by atoms with Gasteiger partial charge in [-0.15, -0.1) is 12.6 Å². The number of thiocarbonyl (C=S) groups is 1. The molecule has 34 heavy (non-hydrogen) atoms. The van der Waals surface area contributed by atoms with E-state index in [4.69, 9.17) is 26.5 Å². The zero-order valence-electron chi connectivity index (χ0n) is 22.1. The van der Waals surface area contributed by atoms with E-state index in [1.165, 1.54) is 128 Å². The molecule has 1 unspecified atom stereocenters. The summed E-state index contributed by atoms with van der Waals surface area (Å²) in [4.78, 5) is 17.8. The van der Waals surface area contributed by atoms with Crippen LogP contribution >= 0.6 is 32.7 Å². The zero-order valence-corrected chi connectivity index (χ0v) is 24.7. The van der Waals surface area contributed by atoms with Crippen molar-refractivity contribution in [1.82, 2.24) is 0 Å².